The third kappa shape index (κ3) is 4.03. The molecule has 0 saturated heterocycles. The van der Waals surface area contributed by atoms with Crippen molar-refractivity contribution in [3.63, 3.8) is 0 Å². The van der Waals surface area contributed by atoms with Crippen molar-refractivity contribution in [1.29, 1.82) is 0 Å². The van der Waals surface area contributed by atoms with Crippen molar-refractivity contribution in [2.45, 2.75) is 12.1 Å². The number of carbonyl (C=O) groups is 3. The first-order valence-corrected chi connectivity index (χ1v) is 9.56. The summed E-state index contributed by atoms with van der Waals surface area (Å²) in [6.07, 6.45) is 0.0954. The van der Waals surface area contributed by atoms with Crippen molar-refractivity contribution in [3.8, 4) is 5.75 Å². The average Bonchev–Trinajstić information content (AvgIpc) is 3.33. The number of nitrogens with two attached hydrogens (primary N) is 2. The molecule has 32 heavy (non-hydrogen) atoms. The molecule has 11 heteroatoms. The van der Waals surface area contributed by atoms with Gasteiger partial charge in [-0.3, -0.25) is 9.59 Å². The molecule has 3 aromatic rings. The van der Waals surface area contributed by atoms with E-state index in [-0.39, 0.29) is 24.6 Å². The zero-order valence-electron chi connectivity index (χ0n) is 16.7. The smallest absolute Gasteiger partial charge is 0.352 e. The zero-order chi connectivity index (χ0) is 22.9. The molecule has 0 saturated carbocycles. The molecule has 1 aliphatic rings. The monoisotopic (exact) mass is 436 g/mol. The largest absolute Gasteiger partial charge is 0.477 e. The Morgan fingerprint density at radius 1 is 1.16 bits per heavy atom. The lowest BCUT2D eigenvalue weighted by Gasteiger charge is -2.28. The van der Waals surface area contributed by atoms with Gasteiger partial charge >= 0.3 is 5.97 Å². The number of aromatic carboxylic acids is 1. The van der Waals surface area contributed by atoms with E-state index in [1.54, 1.807) is 42.5 Å². The van der Waals surface area contributed by atoms with Gasteiger partial charge in [0.1, 0.15) is 18.0 Å². The molecule has 164 valence electrons. The van der Waals surface area contributed by atoms with E-state index in [9.17, 15) is 14.4 Å². The molecule has 0 fully saturated rings. The second kappa shape index (κ2) is 7.95. The number of ether oxygens (including phenoxy) is 1. The summed E-state index contributed by atoms with van der Waals surface area (Å²) in [5, 5.41) is 15.1. The summed E-state index contributed by atoms with van der Waals surface area (Å²) in [7, 11) is 0. The van der Waals surface area contributed by atoms with Gasteiger partial charge in [0, 0.05) is 28.6 Å². The number of guanidine groups is 1. The molecular formula is C21H20N6O5. The van der Waals surface area contributed by atoms with E-state index in [2.05, 4.69) is 20.6 Å². The molecule has 2 heterocycles. The first-order valence-electron chi connectivity index (χ1n) is 9.56. The second-order valence-corrected chi connectivity index (χ2v) is 7.25. The minimum absolute atomic E-state index is 0.0292. The minimum Gasteiger partial charge on any atom is -0.477 e. The molecule has 8 N–H and O–H groups in total. The first-order chi connectivity index (χ1) is 15.3. The third-order valence-electron chi connectivity index (χ3n) is 4.92. The maximum absolute atomic E-state index is 13.3. The standard InChI is InChI=1S/C21H20N6O5/c22-20(23)24-10-17(28)27-21(9-11-3-1-2-4-16(11)32-21)19(31)25-13-5-6-14-12(7-13)8-15(26-14)18(29)30/h1-8,26H,9-10H2,(H,25,31)(H,27,28)(H,29,30)(H4,22,23,24). The fourth-order valence-electron chi connectivity index (χ4n) is 3.48. The van der Waals surface area contributed by atoms with Crippen molar-refractivity contribution < 1.29 is 24.2 Å². The highest BCUT2D eigenvalue weighted by molar-refractivity contribution is 6.02. The molecule has 1 unspecified atom stereocenters. The number of hydrogen-bond donors (Lipinski definition) is 6. The normalized spacial score (nSPS) is 16.6. The molecule has 0 radical (unpaired) electrons. The fourth-order valence-corrected chi connectivity index (χ4v) is 3.48. The molecule has 1 atom stereocenters. The van der Waals surface area contributed by atoms with Crippen molar-refractivity contribution in [2.75, 3.05) is 11.9 Å². The van der Waals surface area contributed by atoms with Gasteiger partial charge < -0.3 is 36.9 Å². The van der Waals surface area contributed by atoms with Crippen LogP contribution in [-0.4, -0.2) is 46.1 Å². The number of anilines is 1. The fraction of sp³-hybridized carbons (Fsp3) is 0.143. The number of aromatic amines is 1. The number of nitrogens with zero attached hydrogens (tertiary/aromatic N) is 1. The van der Waals surface area contributed by atoms with E-state index in [4.69, 9.17) is 21.3 Å². The zero-order valence-corrected chi connectivity index (χ0v) is 16.7. The van der Waals surface area contributed by atoms with Gasteiger partial charge in [0.25, 0.3) is 11.6 Å². The Morgan fingerprint density at radius 2 is 1.94 bits per heavy atom. The van der Waals surface area contributed by atoms with Gasteiger partial charge in [0.05, 0.1) is 0 Å². The maximum atomic E-state index is 13.3. The van der Waals surface area contributed by atoms with Gasteiger partial charge in [-0.2, -0.15) is 0 Å². The van der Waals surface area contributed by atoms with Crippen molar-refractivity contribution >= 4 is 40.3 Å². The van der Waals surface area contributed by atoms with Gasteiger partial charge in [-0.25, -0.2) is 9.79 Å². The number of amides is 2. The summed E-state index contributed by atoms with van der Waals surface area (Å²) in [6, 6.07) is 13.4. The molecule has 0 aliphatic carbocycles. The van der Waals surface area contributed by atoms with E-state index in [0.29, 0.717) is 22.3 Å². The van der Waals surface area contributed by atoms with Gasteiger partial charge in [-0.05, 0) is 30.3 Å². The van der Waals surface area contributed by atoms with Crippen LogP contribution in [0.2, 0.25) is 0 Å². The lowest BCUT2D eigenvalue weighted by atomic mass is 10.0. The van der Waals surface area contributed by atoms with Crippen LogP contribution in [0, 0.1) is 0 Å². The number of carboxylic acids is 1. The maximum Gasteiger partial charge on any atom is 0.352 e. The number of hydrogen-bond acceptors (Lipinski definition) is 5. The van der Waals surface area contributed by atoms with Crippen LogP contribution >= 0.6 is 0 Å². The predicted octanol–water partition coefficient (Wildman–Crippen LogP) is 0.526. The van der Waals surface area contributed by atoms with Crippen LogP contribution in [0.5, 0.6) is 5.75 Å². The molecule has 0 spiro atoms. The molecule has 11 nitrogen and oxygen atoms in total. The lowest BCUT2D eigenvalue weighted by molar-refractivity contribution is -0.139. The summed E-state index contributed by atoms with van der Waals surface area (Å²) < 4.78 is 5.89. The van der Waals surface area contributed by atoms with E-state index < -0.39 is 23.5 Å². The number of rotatable bonds is 6. The highest BCUT2D eigenvalue weighted by Crippen LogP contribution is 2.34. The Kier molecular flexibility index (Phi) is 5.15. The Balaban J connectivity index is 1.60. The number of carboxylic acid groups (broad SMARTS) is 1. The van der Waals surface area contributed by atoms with Crippen molar-refractivity contribution in [3.05, 3.63) is 59.8 Å². The van der Waals surface area contributed by atoms with Gasteiger partial charge in [0.2, 0.25) is 5.91 Å². The quantitative estimate of drug-likeness (QED) is 0.240. The van der Waals surface area contributed by atoms with Crippen LogP contribution in [0.3, 0.4) is 0 Å². The number of fused-ring (bicyclic) bond motifs is 2. The molecule has 1 aliphatic heterocycles. The molecular weight excluding hydrogens is 416 g/mol. The van der Waals surface area contributed by atoms with Crippen LogP contribution in [0.15, 0.2) is 53.5 Å². The Morgan fingerprint density at radius 3 is 2.66 bits per heavy atom. The van der Waals surface area contributed by atoms with Crippen LogP contribution in [0.25, 0.3) is 10.9 Å². The lowest BCUT2D eigenvalue weighted by Crippen LogP contribution is -2.60. The van der Waals surface area contributed by atoms with Gasteiger partial charge in [0.15, 0.2) is 5.96 Å². The van der Waals surface area contributed by atoms with E-state index in [1.165, 1.54) is 6.07 Å². The number of nitrogens with one attached hydrogen (secondary N) is 3. The number of benzene rings is 2. The molecule has 2 aromatic carbocycles. The van der Waals surface area contributed by atoms with Crippen molar-refractivity contribution in [2.24, 2.45) is 16.5 Å². The molecule has 4 rings (SSSR count). The topological polar surface area (TPSA) is 185 Å². The number of para-hydroxylation sites is 1. The third-order valence-corrected chi connectivity index (χ3v) is 4.92. The van der Waals surface area contributed by atoms with E-state index in [1.807, 2.05) is 0 Å². The molecule has 1 aromatic heterocycles. The second-order valence-electron chi connectivity index (χ2n) is 7.25. The number of aliphatic imine (C=N–C) groups is 1. The van der Waals surface area contributed by atoms with E-state index >= 15 is 0 Å². The molecule has 2 amide bonds. The van der Waals surface area contributed by atoms with Gasteiger partial charge in [-0.1, -0.05) is 18.2 Å². The van der Waals surface area contributed by atoms with Crippen LogP contribution in [0.4, 0.5) is 5.69 Å². The van der Waals surface area contributed by atoms with E-state index in [0.717, 1.165) is 5.56 Å². The number of H-pyrrole nitrogens is 1. The summed E-state index contributed by atoms with van der Waals surface area (Å²) in [5.41, 5.74) is 10.6. The SMILES string of the molecule is NC(N)=NCC(=O)NC1(C(=O)Nc2ccc3[nH]c(C(=O)O)cc3c2)Cc2ccccc2O1. The molecule has 0 bridgehead atoms. The van der Waals surface area contributed by atoms with Crippen LogP contribution in [-0.2, 0) is 16.0 Å². The van der Waals surface area contributed by atoms with Crippen molar-refractivity contribution in [1.82, 2.24) is 10.3 Å². The first kappa shape index (κ1) is 20.7. The Hall–Kier alpha value is -4.54. The highest BCUT2D eigenvalue weighted by Gasteiger charge is 2.47. The number of aromatic nitrogens is 1. The highest BCUT2D eigenvalue weighted by atomic mass is 16.5. The Labute approximate surface area is 181 Å². The summed E-state index contributed by atoms with van der Waals surface area (Å²) in [4.78, 5) is 43.3. The van der Waals surface area contributed by atoms with Gasteiger partial charge in [-0.15, -0.1) is 0 Å². The van der Waals surface area contributed by atoms with Crippen LogP contribution < -0.4 is 26.8 Å². The summed E-state index contributed by atoms with van der Waals surface area (Å²) in [6.45, 7) is -0.371. The summed E-state index contributed by atoms with van der Waals surface area (Å²) >= 11 is 0. The minimum atomic E-state index is -1.71. The predicted molar refractivity (Wildman–Crippen MR) is 116 cm³/mol. The van der Waals surface area contributed by atoms with Crippen LogP contribution in [0.1, 0.15) is 16.1 Å². The summed E-state index contributed by atoms with van der Waals surface area (Å²) in [5.74, 6) is -2.09. The average molecular weight is 436 g/mol. The Bertz CT molecular complexity index is 1240. The number of carbonyl (C=O) groups excluding carboxylic acids is 2.